The SMILES string of the molecule is CCCCN(C)C(=O)c1cc(-c2csc(C)n2)n(CCC(C)C)c1C. The van der Waals surface area contributed by atoms with E-state index in [0.717, 1.165) is 60.0 Å². The number of carbonyl (C=O) groups is 1. The molecule has 0 bridgehead atoms. The van der Waals surface area contributed by atoms with E-state index in [4.69, 9.17) is 0 Å². The Balaban J connectivity index is 2.39. The number of unbranched alkanes of at least 4 members (excludes halogenated alkanes) is 1. The van der Waals surface area contributed by atoms with Gasteiger partial charge in [-0.1, -0.05) is 27.2 Å². The van der Waals surface area contributed by atoms with E-state index in [0.29, 0.717) is 5.92 Å². The first-order chi connectivity index (χ1) is 11.8. The third kappa shape index (κ3) is 4.72. The molecule has 0 saturated carbocycles. The number of aromatic nitrogens is 2. The molecule has 0 fully saturated rings. The van der Waals surface area contributed by atoms with Gasteiger partial charge in [-0.25, -0.2) is 4.98 Å². The smallest absolute Gasteiger partial charge is 0.255 e. The molecule has 0 aliphatic rings. The summed E-state index contributed by atoms with van der Waals surface area (Å²) in [6.45, 7) is 12.4. The van der Waals surface area contributed by atoms with E-state index < -0.39 is 0 Å². The van der Waals surface area contributed by atoms with Crippen LogP contribution in [0.5, 0.6) is 0 Å². The molecule has 0 aliphatic heterocycles. The zero-order valence-corrected chi connectivity index (χ0v) is 17.2. The van der Waals surface area contributed by atoms with Gasteiger partial charge in [-0.15, -0.1) is 11.3 Å². The van der Waals surface area contributed by atoms with Crippen molar-refractivity contribution in [2.45, 2.75) is 60.4 Å². The molecule has 2 heterocycles. The molecular formula is C20H31N3OS. The fraction of sp³-hybridized carbons (Fsp3) is 0.600. The molecule has 2 aromatic rings. The lowest BCUT2D eigenvalue weighted by Crippen LogP contribution is -2.28. The highest BCUT2D eigenvalue weighted by Crippen LogP contribution is 2.28. The van der Waals surface area contributed by atoms with Gasteiger partial charge in [-0.3, -0.25) is 4.79 Å². The van der Waals surface area contributed by atoms with E-state index in [-0.39, 0.29) is 5.91 Å². The molecule has 0 atom stereocenters. The first-order valence-corrected chi connectivity index (χ1v) is 10.1. The average molecular weight is 362 g/mol. The van der Waals surface area contributed by atoms with Crippen LogP contribution in [-0.4, -0.2) is 34.0 Å². The van der Waals surface area contributed by atoms with Gasteiger partial charge in [0.15, 0.2) is 0 Å². The van der Waals surface area contributed by atoms with Crippen LogP contribution in [0.2, 0.25) is 0 Å². The minimum atomic E-state index is 0.113. The Labute approximate surface area is 155 Å². The van der Waals surface area contributed by atoms with Crippen molar-refractivity contribution in [2.75, 3.05) is 13.6 Å². The zero-order valence-electron chi connectivity index (χ0n) is 16.4. The van der Waals surface area contributed by atoms with E-state index in [1.165, 1.54) is 0 Å². The number of carbonyl (C=O) groups excluding carboxylic acids is 1. The number of thiazole rings is 1. The van der Waals surface area contributed by atoms with Crippen LogP contribution in [0.4, 0.5) is 0 Å². The van der Waals surface area contributed by atoms with Gasteiger partial charge >= 0.3 is 0 Å². The van der Waals surface area contributed by atoms with Crippen LogP contribution < -0.4 is 0 Å². The molecule has 25 heavy (non-hydrogen) atoms. The summed E-state index contributed by atoms with van der Waals surface area (Å²) < 4.78 is 2.27. The maximum atomic E-state index is 12.9. The highest BCUT2D eigenvalue weighted by molar-refractivity contribution is 7.09. The highest BCUT2D eigenvalue weighted by atomic mass is 32.1. The molecule has 4 nitrogen and oxygen atoms in total. The second-order valence-corrected chi connectivity index (χ2v) is 8.26. The first-order valence-electron chi connectivity index (χ1n) is 9.23. The number of nitrogens with zero attached hydrogens (tertiary/aromatic N) is 3. The van der Waals surface area contributed by atoms with Gasteiger partial charge < -0.3 is 9.47 Å². The Morgan fingerprint density at radius 1 is 1.36 bits per heavy atom. The fourth-order valence-corrected chi connectivity index (χ4v) is 3.54. The second-order valence-electron chi connectivity index (χ2n) is 7.19. The third-order valence-electron chi connectivity index (χ3n) is 4.60. The van der Waals surface area contributed by atoms with Gasteiger partial charge in [0, 0.05) is 31.2 Å². The van der Waals surface area contributed by atoms with Crippen LogP contribution >= 0.6 is 11.3 Å². The summed E-state index contributed by atoms with van der Waals surface area (Å²) in [6.07, 6.45) is 3.22. The number of amides is 1. The zero-order chi connectivity index (χ0) is 18.6. The van der Waals surface area contributed by atoms with E-state index >= 15 is 0 Å². The van der Waals surface area contributed by atoms with Crippen molar-refractivity contribution in [2.24, 2.45) is 5.92 Å². The summed E-state index contributed by atoms with van der Waals surface area (Å²) in [5.41, 5.74) is 3.90. The van der Waals surface area contributed by atoms with Crippen molar-refractivity contribution in [3.8, 4) is 11.4 Å². The molecular weight excluding hydrogens is 330 g/mol. The van der Waals surface area contributed by atoms with Gasteiger partial charge in [0.25, 0.3) is 5.91 Å². The predicted octanol–water partition coefficient (Wildman–Crippen LogP) is 5.15. The molecule has 0 spiro atoms. The van der Waals surface area contributed by atoms with Crippen molar-refractivity contribution in [1.82, 2.24) is 14.5 Å². The Bertz CT molecular complexity index is 715. The van der Waals surface area contributed by atoms with Crippen LogP contribution in [-0.2, 0) is 6.54 Å². The molecule has 0 saturated heterocycles. The van der Waals surface area contributed by atoms with Gasteiger partial charge in [0.1, 0.15) is 0 Å². The first kappa shape index (κ1) is 19.7. The summed E-state index contributed by atoms with van der Waals surface area (Å²) in [7, 11) is 1.90. The minimum Gasteiger partial charge on any atom is -0.343 e. The van der Waals surface area contributed by atoms with Crippen molar-refractivity contribution in [3.63, 3.8) is 0 Å². The molecule has 2 rings (SSSR count). The van der Waals surface area contributed by atoms with Crippen molar-refractivity contribution in [3.05, 3.63) is 27.7 Å². The molecule has 0 unspecified atom stereocenters. The van der Waals surface area contributed by atoms with Crippen LogP contribution in [0, 0.1) is 19.8 Å². The normalized spacial score (nSPS) is 11.3. The summed E-state index contributed by atoms with van der Waals surface area (Å²) in [5, 5.41) is 3.14. The third-order valence-corrected chi connectivity index (χ3v) is 5.38. The second kappa shape index (κ2) is 8.65. The van der Waals surface area contributed by atoms with Crippen LogP contribution in [0.1, 0.15) is 61.1 Å². The molecule has 0 N–H and O–H groups in total. The van der Waals surface area contributed by atoms with E-state index in [1.807, 2.05) is 24.9 Å². The van der Waals surface area contributed by atoms with Crippen molar-refractivity contribution in [1.29, 1.82) is 0 Å². The van der Waals surface area contributed by atoms with E-state index in [2.05, 4.69) is 42.6 Å². The van der Waals surface area contributed by atoms with Gasteiger partial charge in [-0.2, -0.15) is 0 Å². The Morgan fingerprint density at radius 2 is 2.08 bits per heavy atom. The molecule has 138 valence electrons. The summed E-state index contributed by atoms with van der Waals surface area (Å²) in [4.78, 5) is 19.4. The Morgan fingerprint density at radius 3 is 2.64 bits per heavy atom. The highest BCUT2D eigenvalue weighted by Gasteiger charge is 2.22. The minimum absolute atomic E-state index is 0.113. The van der Waals surface area contributed by atoms with E-state index in [1.54, 1.807) is 11.3 Å². The topological polar surface area (TPSA) is 38.1 Å². The van der Waals surface area contributed by atoms with Crippen LogP contribution in [0.3, 0.4) is 0 Å². The fourth-order valence-electron chi connectivity index (χ4n) is 2.93. The summed E-state index contributed by atoms with van der Waals surface area (Å²) in [6, 6.07) is 2.04. The molecule has 1 amide bonds. The summed E-state index contributed by atoms with van der Waals surface area (Å²) >= 11 is 1.65. The molecule has 0 aromatic carbocycles. The molecule has 5 heteroatoms. The lowest BCUT2D eigenvalue weighted by molar-refractivity contribution is 0.0792. The number of hydrogen-bond donors (Lipinski definition) is 0. The Hall–Kier alpha value is -1.62. The average Bonchev–Trinajstić information content (AvgIpc) is 3.13. The number of hydrogen-bond acceptors (Lipinski definition) is 3. The number of rotatable bonds is 8. The maximum absolute atomic E-state index is 12.9. The van der Waals surface area contributed by atoms with Gasteiger partial charge in [-0.05, 0) is 38.7 Å². The quantitative estimate of drug-likeness (QED) is 0.652. The predicted molar refractivity (Wildman–Crippen MR) is 106 cm³/mol. The van der Waals surface area contributed by atoms with Crippen molar-refractivity contribution >= 4 is 17.2 Å². The van der Waals surface area contributed by atoms with Crippen molar-refractivity contribution < 1.29 is 4.79 Å². The van der Waals surface area contributed by atoms with Crippen LogP contribution in [0.15, 0.2) is 11.4 Å². The maximum Gasteiger partial charge on any atom is 0.255 e. The van der Waals surface area contributed by atoms with Crippen LogP contribution in [0.25, 0.3) is 11.4 Å². The summed E-state index contributed by atoms with van der Waals surface area (Å²) in [5.74, 6) is 0.737. The molecule has 0 aliphatic carbocycles. The standard InChI is InChI=1S/C20H31N3OS/c1-7-8-10-22(6)20(24)17-12-19(18-13-25-16(5)21-18)23(15(17)4)11-9-14(2)3/h12-14H,7-11H2,1-6H3. The number of aryl methyl sites for hydroxylation is 1. The molecule has 2 aromatic heterocycles. The van der Waals surface area contributed by atoms with Gasteiger partial charge in [0.05, 0.1) is 22.0 Å². The monoisotopic (exact) mass is 361 g/mol. The van der Waals surface area contributed by atoms with Gasteiger partial charge in [0.2, 0.25) is 0 Å². The lowest BCUT2D eigenvalue weighted by Gasteiger charge is -2.17. The largest absolute Gasteiger partial charge is 0.343 e. The lowest BCUT2D eigenvalue weighted by atomic mass is 10.1. The molecule has 0 radical (unpaired) electrons. The Kier molecular flexibility index (Phi) is 6.82. The van der Waals surface area contributed by atoms with E-state index in [9.17, 15) is 4.79 Å².